The second-order valence-corrected chi connectivity index (χ2v) is 5.46. The monoisotopic (exact) mass is 270 g/mol. The molecular formula is C14H26N2O3. The van der Waals surface area contributed by atoms with Crippen LogP contribution in [0.2, 0.25) is 0 Å². The highest BCUT2D eigenvalue weighted by molar-refractivity contribution is 5.82. The molecule has 1 heterocycles. The lowest BCUT2D eigenvalue weighted by atomic mass is 9.92. The van der Waals surface area contributed by atoms with Crippen molar-refractivity contribution in [3.05, 3.63) is 0 Å². The maximum Gasteiger partial charge on any atom is 0.327 e. The predicted octanol–water partition coefficient (Wildman–Crippen LogP) is 0.640. The van der Waals surface area contributed by atoms with Crippen molar-refractivity contribution >= 4 is 5.97 Å². The van der Waals surface area contributed by atoms with Gasteiger partial charge in [-0.1, -0.05) is 0 Å². The van der Waals surface area contributed by atoms with Crippen LogP contribution >= 0.6 is 0 Å². The Morgan fingerprint density at radius 2 is 2.21 bits per heavy atom. The summed E-state index contributed by atoms with van der Waals surface area (Å²) >= 11 is 0. The fourth-order valence-corrected chi connectivity index (χ4v) is 2.89. The van der Waals surface area contributed by atoms with Crippen molar-refractivity contribution in [3.63, 3.8) is 0 Å². The van der Waals surface area contributed by atoms with Crippen molar-refractivity contribution in [2.75, 3.05) is 46.5 Å². The molecule has 0 aromatic heterocycles. The number of carbonyl (C=O) groups is 1. The molecule has 0 radical (unpaired) electrons. The molecule has 1 atom stereocenters. The van der Waals surface area contributed by atoms with Gasteiger partial charge in [-0.2, -0.15) is 0 Å². The Morgan fingerprint density at radius 3 is 2.84 bits per heavy atom. The van der Waals surface area contributed by atoms with E-state index in [1.807, 2.05) is 14.0 Å². The van der Waals surface area contributed by atoms with Gasteiger partial charge in [0.25, 0.3) is 0 Å². The van der Waals surface area contributed by atoms with Crippen LogP contribution in [-0.2, 0) is 14.3 Å². The number of carbonyl (C=O) groups excluding carboxylic acids is 1. The Kier molecular flexibility index (Phi) is 5.19. The zero-order valence-corrected chi connectivity index (χ0v) is 12.1. The van der Waals surface area contributed by atoms with Crippen LogP contribution in [-0.4, -0.2) is 62.9 Å². The van der Waals surface area contributed by atoms with E-state index in [2.05, 4.69) is 10.2 Å². The molecule has 2 rings (SSSR count). The van der Waals surface area contributed by atoms with Crippen molar-refractivity contribution in [2.24, 2.45) is 5.92 Å². The number of ether oxygens (including phenoxy) is 2. The molecular weight excluding hydrogens is 244 g/mol. The van der Waals surface area contributed by atoms with E-state index in [1.165, 1.54) is 0 Å². The van der Waals surface area contributed by atoms with Gasteiger partial charge in [0.15, 0.2) is 0 Å². The van der Waals surface area contributed by atoms with Crippen molar-refractivity contribution in [3.8, 4) is 0 Å². The standard InChI is InChI=1S/C14H26N2O3/c1-3-19-13(17)14(15-2,12-5-6-12)11-16-7-4-9-18-10-8-16/h12,15H,3-11H2,1-2H3. The molecule has 0 spiro atoms. The summed E-state index contributed by atoms with van der Waals surface area (Å²) < 4.78 is 10.8. The minimum absolute atomic E-state index is 0.0924. The third-order valence-electron chi connectivity index (χ3n) is 4.15. The number of likely N-dealkylation sites (N-methyl/N-ethyl adjacent to an activating group) is 1. The largest absolute Gasteiger partial charge is 0.465 e. The molecule has 5 nitrogen and oxygen atoms in total. The van der Waals surface area contributed by atoms with Crippen LogP contribution in [0, 0.1) is 5.92 Å². The molecule has 1 saturated heterocycles. The van der Waals surface area contributed by atoms with E-state index in [9.17, 15) is 4.79 Å². The minimum atomic E-state index is -0.527. The topological polar surface area (TPSA) is 50.8 Å². The van der Waals surface area contributed by atoms with E-state index >= 15 is 0 Å². The molecule has 0 aromatic carbocycles. The van der Waals surface area contributed by atoms with Crippen LogP contribution in [0.1, 0.15) is 26.2 Å². The van der Waals surface area contributed by atoms with Gasteiger partial charge in [0.1, 0.15) is 5.54 Å². The summed E-state index contributed by atoms with van der Waals surface area (Å²) in [6.45, 7) is 6.52. The van der Waals surface area contributed by atoms with Crippen LogP contribution < -0.4 is 5.32 Å². The molecule has 5 heteroatoms. The highest BCUT2D eigenvalue weighted by atomic mass is 16.5. The number of rotatable bonds is 6. The third-order valence-corrected chi connectivity index (χ3v) is 4.15. The smallest absolute Gasteiger partial charge is 0.327 e. The van der Waals surface area contributed by atoms with Crippen LogP contribution in [0.15, 0.2) is 0 Å². The Labute approximate surface area is 115 Å². The lowest BCUT2D eigenvalue weighted by Crippen LogP contribution is -2.60. The first-order chi connectivity index (χ1) is 9.23. The normalized spacial score (nSPS) is 24.5. The van der Waals surface area contributed by atoms with Gasteiger partial charge in [-0.15, -0.1) is 0 Å². The molecule has 0 amide bonds. The van der Waals surface area contributed by atoms with Gasteiger partial charge in [0, 0.05) is 26.2 Å². The van der Waals surface area contributed by atoms with Crippen molar-refractivity contribution in [2.45, 2.75) is 31.7 Å². The molecule has 1 saturated carbocycles. The molecule has 1 N–H and O–H groups in total. The summed E-state index contributed by atoms with van der Waals surface area (Å²) in [5.74, 6) is 0.325. The molecule has 0 aromatic rings. The van der Waals surface area contributed by atoms with Crippen molar-refractivity contribution in [1.82, 2.24) is 10.2 Å². The Balaban J connectivity index is 2.05. The summed E-state index contributed by atoms with van der Waals surface area (Å²) in [5.41, 5.74) is -0.527. The minimum Gasteiger partial charge on any atom is -0.465 e. The Morgan fingerprint density at radius 1 is 1.42 bits per heavy atom. The lowest BCUT2D eigenvalue weighted by molar-refractivity contribution is -0.153. The summed E-state index contributed by atoms with van der Waals surface area (Å²) in [5, 5.41) is 3.27. The first-order valence-electron chi connectivity index (χ1n) is 7.39. The van der Waals surface area contributed by atoms with Gasteiger partial charge >= 0.3 is 5.97 Å². The molecule has 1 aliphatic carbocycles. The summed E-state index contributed by atoms with van der Waals surface area (Å²) in [6, 6.07) is 0. The SMILES string of the molecule is CCOC(=O)C(CN1CCCOCC1)(NC)C1CC1. The molecule has 19 heavy (non-hydrogen) atoms. The first kappa shape index (κ1) is 14.8. The van der Waals surface area contributed by atoms with E-state index in [0.29, 0.717) is 12.5 Å². The molecule has 110 valence electrons. The van der Waals surface area contributed by atoms with Crippen molar-refractivity contribution in [1.29, 1.82) is 0 Å². The van der Waals surface area contributed by atoms with Crippen LogP contribution in [0.25, 0.3) is 0 Å². The molecule has 1 aliphatic heterocycles. The number of esters is 1. The number of hydrogen-bond acceptors (Lipinski definition) is 5. The van der Waals surface area contributed by atoms with Gasteiger partial charge < -0.3 is 14.8 Å². The molecule has 1 unspecified atom stereocenters. The zero-order valence-electron chi connectivity index (χ0n) is 12.1. The quantitative estimate of drug-likeness (QED) is 0.718. The number of hydrogen-bond donors (Lipinski definition) is 1. The third kappa shape index (κ3) is 3.46. The van der Waals surface area contributed by atoms with Crippen molar-refractivity contribution < 1.29 is 14.3 Å². The Bertz CT molecular complexity index is 299. The summed E-state index contributed by atoms with van der Waals surface area (Å²) in [7, 11) is 1.88. The fraction of sp³-hybridized carbons (Fsp3) is 0.929. The van der Waals surface area contributed by atoms with E-state index in [4.69, 9.17) is 9.47 Å². The summed E-state index contributed by atoms with van der Waals surface area (Å²) in [6.07, 6.45) is 3.27. The summed E-state index contributed by atoms with van der Waals surface area (Å²) in [4.78, 5) is 14.7. The average molecular weight is 270 g/mol. The van der Waals surface area contributed by atoms with E-state index in [-0.39, 0.29) is 5.97 Å². The highest BCUT2D eigenvalue weighted by Crippen LogP contribution is 2.41. The predicted molar refractivity (Wildman–Crippen MR) is 73.0 cm³/mol. The first-order valence-corrected chi connectivity index (χ1v) is 7.39. The molecule has 2 fully saturated rings. The van der Waals surface area contributed by atoms with Crippen LogP contribution in [0.3, 0.4) is 0 Å². The van der Waals surface area contributed by atoms with Gasteiger partial charge in [0.05, 0.1) is 13.2 Å². The number of nitrogens with one attached hydrogen (secondary N) is 1. The van der Waals surface area contributed by atoms with E-state index in [1.54, 1.807) is 0 Å². The Hall–Kier alpha value is -0.650. The van der Waals surface area contributed by atoms with Gasteiger partial charge in [0.2, 0.25) is 0 Å². The van der Waals surface area contributed by atoms with Gasteiger partial charge in [-0.3, -0.25) is 4.90 Å². The maximum absolute atomic E-state index is 12.4. The van der Waals surface area contributed by atoms with E-state index in [0.717, 1.165) is 52.1 Å². The number of nitrogens with zero attached hydrogens (tertiary/aromatic N) is 1. The van der Waals surface area contributed by atoms with Crippen LogP contribution in [0.5, 0.6) is 0 Å². The lowest BCUT2D eigenvalue weighted by Gasteiger charge is -2.36. The van der Waals surface area contributed by atoms with Crippen LogP contribution in [0.4, 0.5) is 0 Å². The average Bonchev–Trinajstić information content (AvgIpc) is 3.23. The maximum atomic E-state index is 12.4. The van der Waals surface area contributed by atoms with E-state index < -0.39 is 5.54 Å². The second kappa shape index (κ2) is 6.68. The molecule has 0 bridgehead atoms. The molecule has 2 aliphatic rings. The fourth-order valence-electron chi connectivity index (χ4n) is 2.89. The van der Waals surface area contributed by atoms with Gasteiger partial charge in [-0.25, -0.2) is 4.79 Å². The van der Waals surface area contributed by atoms with Gasteiger partial charge in [-0.05, 0) is 39.2 Å². The second-order valence-electron chi connectivity index (χ2n) is 5.46. The zero-order chi connectivity index (χ0) is 13.7. The highest BCUT2D eigenvalue weighted by Gasteiger charge is 2.51.